The van der Waals surface area contributed by atoms with E-state index in [0.717, 1.165) is 18.5 Å². The lowest BCUT2D eigenvalue weighted by atomic mass is 10.1. The number of hydrogen-bond acceptors (Lipinski definition) is 1. The summed E-state index contributed by atoms with van der Waals surface area (Å²) in [4.78, 5) is 0. The Morgan fingerprint density at radius 2 is 2.27 bits per heavy atom. The SMILES string of the molecule is Fc1cccc(CCNBr)c1. The molecular weight excluding hydrogens is 209 g/mol. The maximum atomic E-state index is 12.6. The standard InChI is InChI=1S/C8H9BrFN/c9-11-5-4-7-2-1-3-8(10)6-7/h1-3,6,11H,4-5H2. The number of halogens is 2. The van der Waals surface area contributed by atoms with Crippen LogP contribution in [-0.2, 0) is 6.42 Å². The molecular formula is C8H9BrFN. The van der Waals surface area contributed by atoms with Crippen LogP contribution in [0.3, 0.4) is 0 Å². The molecule has 0 amide bonds. The second kappa shape index (κ2) is 4.46. The molecule has 1 aromatic rings. The quantitative estimate of drug-likeness (QED) is 0.767. The van der Waals surface area contributed by atoms with E-state index in [1.165, 1.54) is 6.07 Å². The zero-order valence-electron chi connectivity index (χ0n) is 5.98. The fourth-order valence-electron chi connectivity index (χ4n) is 0.884. The van der Waals surface area contributed by atoms with E-state index < -0.39 is 0 Å². The monoisotopic (exact) mass is 217 g/mol. The van der Waals surface area contributed by atoms with Crippen LogP contribution in [0.2, 0.25) is 0 Å². The van der Waals surface area contributed by atoms with Gasteiger partial charge < -0.3 is 0 Å². The summed E-state index contributed by atoms with van der Waals surface area (Å²) in [6, 6.07) is 6.63. The molecule has 0 aliphatic carbocycles. The Kier molecular flexibility index (Phi) is 3.52. The average molecular weight is 218 g/mol. The highest BCUT2D eigenvalue weighted by atomic mass is 79.9. The van der Waals surface area contributed by atoms with Crippen molar-refractivity contribution < 1.29 is 4.39 Å². The number of benzene rings is 1. The van der Waals surface area contributed by atoms with Crippen molar-refractivity contribution >= 4 is 16.1 Å². The van der Waals surface area contributed by atoms with Gasteiger partial charge in [0.2, 0.25) is 0 Å². The van der Waals surface area contributed by atoms with Crippen LogP contribution in [0.5, 0.6) is 0 Å². The first-order valence-corrected chi connectivity index (χ1v) is 4.20. The van der Waals surface area contributed by atoms with Gasteiger partial charge in [0, 0.05) is 22.7 Å². The van der Waals surface area contributed by atoms with Crippen LogP contribution in [-0.4, -0.2) is 6.54 Å². The largest absolute Gasteiger partial charge is 0.256 e. The molecule has 0 unspecified atom stereocenters. The van der Waals surface area contributed by atoms with Gasteiger partial charge in [-0.25, -0.2) is 4.39 Å². The molecule has 11 heavy (non-hydrogen) atoms. The molecule has 0 atom stereocenters. The summed E-state index contributed by atoms with van der Waals surface area (Å²) in [6.07, 6.45) is 0.836. The predicted molar refractivity (Wildman–Crippen MR) is 47.0 cm³/mol. The van der Waals surface area contributed by atoms with Crippen LogP contribution in [0.25, 0.3) is 0 Å². The summed E-state index contributed by atoms with van der Waals surface area (Å²) in [7, 11) is 0. The van der Waals surface area contributed by atoms with Crippen molar-refractivity contribution in [2.45, 2.75) is 6.42 Å². The van der Waals surface area contributed by atoms with Crippen molar-refractivity contribution in [2.75, 3.05) is 6.54 Å². The van der Waals surface area contributed by atoms with Crippen LogP contribution >= 0.6 is 16.1 Å². The van der Waals surface area contributed by atoms with E-state index in [0.29, 0.717) is 0 Å². The second-order valence-electron chi connectivity index (χ2n) is 2.26. The van der Waals surface area contributed by atoms with Crippen LogP contribution < -0.4 is 4.34 Å². The lowest BCUT2D eigenvalue weighted by molar-refractivity contribution is 0.625. The highest BCUT2D eigenvalue weighted by Gasteiger charge is 1.93. The second-order valence-corrected chi connectivity index (χ2v) is 2.82. The highest BCUT2D eigenvalue weighted by molar-refractivity contribution is 9.08. The van der Waals surface area contributed by atoms with Gasteiger partial charge in [0.05, 0.1) is 0 Å². The number of nitrogens with one attached hydrogen (secondary N) is 1. The first kappa shape index (κ1) is 8.68. The fourth-order valence-corrected chi connectivity index (χ4v) is 1.08. The molecule has 0 spiro atoms. The lowest BCUT2D eigenvalue weighted by Crippen LogP contribution is -2.03. The summed E-state index contributed by atoms with van der Waals surface area (Å²) in [5, 5.41) is 0. The van der Waals surface area contributed by atoms with Gasteiger partial charge in [0.15, 0.2) is 0 Å². The van der Waals surface area contributed by atoms with Crippen molar-refractivity contribution in [2.24, 2.45) is 0 Å². The molecule has 1 rings (SSSR count). The molecule has 3 heteroatoms. The third-order valence-electron chi connectivity index (χ3n) is 1.40. The first-order chi connectivity index (χ1) is 5.33. The summed E-state index contributed by atoms with van der Waals surface area (Å²) in [6.45, 7) is 0.809. The molecule has 0 radical (unpaired) electrons. The molecule has 0 fully saturated rings. The third-order valence-corrected chi connectivity index (χ3v) is 1.79. The van der Waals surface area contributed by atoms with Gasteiger partial charge in [-0.15, -0.1) is 0 Å². The maximum absolute atomic E-state index is 12.6. The Balaban J connectivity index is 2.56. The summed E-state index contributed by atoms with van der Waals surface area (Å²) < 4.78 is 15.4. The predicted octanol–water partition coefficient (Wildman–Crippen LogP) is 2.27. The summed E-state index contributed by atoms with van der Waals surface area (Å²) >= 11 is 3.08. The van der Waals surface area contributed by atoms with Gasteiger partial charge in [-0.05, 0) is 24.1 Å². The summed E-state index contributed by atoms with van der Waals surface area (Å²) in [5.41, 5.74) is 1.01. The van der Waals surface area contributed by atoms with Crippen LogP contribution in [0, 0.1) is 5.82 Å². The number of hydrogen-bond donors (Lipinski definition) is 1. The molecule has 1 nitrogen and oxygen atoms in total. The van der Waals surface area contributed by atoms with Crippen LogP contribution in [0.4, 0.5) is 4.39 Å². The zero-order valence-corrected chi connectivity index (χ0v) is 7.57. The van der Waals surface area contributed by atoms with Gasteiger partial charge in [-0.3, -0.25) is 4.34 Å². The van der Waals surface area contributed by atoms with E-state index in [1.807, 2.05) is 6.07 Å². The molecule has 0 saturated carbocycles. The zero-order chi connectivity index (χ0) is 8.10. The minimum atomic E-state index is -0.169. The Hall–Kier alpha value is -0.410. The van der Waals surface area contributed by atoms with Crippen molar-refractivity contribution in [3.8, 4) is 0 Å². The topological polar surface area (TPSA) is 12.0 Å². The molecule has 1 N–H and O–H groups in total. The van der Waals surface area contributed by atoms with Gasteiger partial charge in [0.25, 0.3) is 0 Å². The van der Waals surface area contributed by atoms with Crippen molar-refractivity contribution in [3.63, 3.8) is 0 Å². The minimum Gasteiger partial charge on any atom is -0.256 e. The van der Waals surface area contributed by atoms with E-state index in [9.17, 15) is 4.39 Å². The van der Waals surface area contributed by atoms with Crippen molar-refractivity contribution in [1.82, 2.24) is 4.34 Å². The molecule has 60 valence electrons. The molecule has 0 bridgehead atoms. The first-order valence-electron chi connectivity index (χ1n) is 3.41. The molecule has 0 aliphatic heterocycles. The van der Waals surface area contributed by atoms with Crippen LogP contribution in [0.15, 0.2) is 24.3 Å². The molecule has 0 aromatic heterocycles. The molecule has 0 saturated heterocycles. The van der Waals surface area contributed by atoms with Gasteiger partial charge in [-0.1, -0.05) is 12.1 Å². The third kappa shape index (κ3) is 2.99. The Morgan fingerprint density at radius 1 is 1.45 bits per heavy atom. The van der Waals surface area contributed by atoms with Crippen molar-refractivity contribution in [1.29, 1.82) is 0 Å². The summed E-state index contributed by atoms with van der Waals surface area (Å²) in [5.74, 6) is -0.169. The van der Waals surface area contributed by atoms with Crippen LogP contribution in [0.1, 0.15) is 5.56 Å². The molecule has 1 aromatic carbocycles. The molecule has 0 aliphatic rings. The maximum Gasteiger partial charge on any atom is 0.123 e. The Labute approximate surface area is 74.0 Å². The average Bonchev–Trinajstić information content (AvgIpc) is 2.01. The molecule has 0 heterocycles. The Morgan fingerprint density at radius 3 is 2.91 bits per heavy atom. The number of rotatable bonds is 3. The lowest BCUT2D eigenvalue weighted by Gasteiger charge is -1.98. The van der Waals surface area contributed by atoms with E-state index in [2.05, 4.69) is 20.5 Å². The van der Waals surface area contributed by atoms with E-state index >= 15 is 0 Å². The minimum absolute atomic E-state index is 0.169. The van der Waals surface area contributed by atoms with E-state index in [1.54, 1.807) is 12.1 Å². The van der Waals surface area contributed by atoms with Gasteiger partial charge in [0.1, 0.15) is 5.82 Å². The van der Waals surface area contributed by atoms with Gasteiger partial charge in [-0.2, -0.15) is 0 Å². The Bertz CT molecular complexity index is 227. The van der Waals surface area contributed by atoms with E-state index in [-0.39, 0.29) is 5.82 Å². The highest BCUT2D eigenvalue weighted by Crippen LogP contribution is 2.03. The smallest absolute Gasteiger partial charge is 0.123 e. The normalized spacial score (nSPS) is 10.0. The van der Waals surface area contributed by atoms with Gasteiger partial charge >= 0.3 is 0 Å². The van der Waals surface area contributed by atoms with E-state index in [4.69, 9.17) is 0 Å². The van der Waals surface area contributed by atoms with Crippen molar-refractivity contribution in [3.05, 3.63) is 35.6 Å². The fraction of sp³-hybridized carbons (Fsp3) is 0.250.